The maximum Gasteiger partial charge on any atom is 0.253 e. The van der Waals surface area contributed by atoms with Crippen LogP contribution in [-0.2, 0) is 0 Å². The number of carbonyl (C=O) groups is 1. The van der Waals surface area contributed by atoms with Gasteiger partial charge in [0.1, 0.15) is 11.6 Å². The van der Waals surface area contributed by atoms with Crippen molar-refractivity contribution in [3.8, 4) is 11.4 Å². The van der Waals surface area contributed by atoms with Gasteiger partial charge in [-0.05, 0) is 55.3 Å². The lowest BCUT2D eigenvalue weighted by molar-refractivity contribution is 0.0695. The van der Waals surface area contributed by atoms with Crippen LogP contribution >= 0.6 is 11.6 Å². The van der Waals surface area contributed by atoms with Crippen LogP contribution in [0.3, 0.4) is 0 Å². The normalized spacial score (nSPS) is 17.0. The van der Waals surface area contributed by atoms with Crippen molar-refractivity contribution in [2.45, 2.75) is 18.8 Å². The molecule has 5 nitrogen and oxygen atoms in total. The van der Waals surface area contributed by atoms with Crippen LogP contribution in [0.1, 0.15) is 35.0 Å². The van der Waals surface area contributed by atoms with E-state index >= 15 is 0 Å². The van der Waals surface area contributed by atoms with Crippen LogP contribution in [-0.4, -0.2) is 34.0 Å². The Morgan fingerprint density at radius 1 is 1.18 bits per heavy atom. The van der Waals surface area contributed by atoms with Gasteiger partial charge < -0.3 is 9.42 Å². The van der Waals surface area contributed by atoms with Gasteiger partial charge in [-0.15, -0.1) is 0 Å². The third kappa shape index (κ3) is 3.75. The molecule has 0 aliphatic carbocycles. The van der Waals surface area contributed by atoms with Crippen molar-refractivity contribution in [1.82, 2.24) is 15.0 Å². The first-order valence-corrected chi connectivity index (χ1v) is 9.23. The molecule has 1 aliphatic rings. The molecule has 1 aromatic heterocycles. The molecule has 2 aromatic carbocycles. The van der Waals surface area contributed by atoms with Gasteiger partial charge in [0.05, 0.1) is 10.9 Å². The molecule has 3 aromatic rings. The predicted molar refractivity (Wildman–Crippen MR) is 99.0 cm³/mol. The maximum atomic E-state index is 13.3. The highest BCUT2D eigenvalue weighted by atomic mass is 35.5. The van der Waals surface area contributed by atoms with E-state index in [0.29, 0.717) is 35.9 Å². The minimum Gasteiger partial charge on any atom is -0.339 e. The molecule has 1 fully saturated rings. The summed E-state index contributed by atoms with van der Waals surface area (Å²) < 4.78 is 31.8. The first kappa shape index (κ1) is 18.6. The van der Waals surface area contributed by atoms with Crippen LogP contribution in [0.25, 0.3) is 11.4 Å². The van der Waals surface area contributed by atoms with E-state index in [2.05, 4.69) is 10.1 Å². The highest BCUT2D eigenvalue weighted by Crippen LogP contribution is 2.29. The maximum absolute atomic E-state index is 13.3. The lowest BCUT2D eigenvalue weighted by atomic mass is 9.97. The summed E-state index contributed by atoms with van der Waals surface area (Å²) in [7, 11) is 0. The molecule has 144 valence electrons. The van der Waals surface area contributed by atoms with Crippen molar-refractivity contribution in [2.75, 3.05) is 13.1 Å². The van der Waals surface area contributed by atoms with E-state index in [1.807, 2.05) is 0 Å². The molecule has 0 spiro atoms. The highest BCUT2D eigenvalue weighted by molar-refractivity contribution is 6.31. The quantitative estimate of drug-likeness (QED) is 0.636. The van der Waals surface area contributed by atoms with E-state index in [4.69, 9.17) is 16.1 Å². The van der Waals surface area contributed by atoms with E-state index in [9.17, 15) is 13.6 Å². The van der Waals surface area contributed by atoms with E-state index < -0.39 is 5.82 Å². The van der Waals surface area contributed by atoms with Crippen molar-refractivity contribution in [3.63, 3.8) is 0 Å². The lowest BCUT2D eigenvalue weighted by Gasteiger charge is -2.31. The summed E-state index contributed by atoms with van der Waals surface area (Å²) in [6, 6.07) is 9.77. The molecule has 0 radical (unpaired) electrons. The Bertz CT molecular complexity index is 1010. The fourth-order valence-corrected chi connectivity index (χ4v) is 3.47. The second-order valence-corrected chi connectivity index (χ2v) is 7.09. The highest BCUT2D eigenvalue weighted by Gasteiger charge is 2.29. The first-order valence-electron chi connectivity index (χ1n) is 8.85. The average Bonchev–Trinajstić information content (AvgIpc) is 3.20. The summed E-state index contributed by atoms with van der Waals surface area (Å²) >= 11 is 5.79. The largest absolute Gasteiger partial charge is 0.339 e. The summed E-state index contributed by atoms with van der Waals surface area (Å²) in [5.74, 6) is -0.401. The van der Waals surface area contributed by atoms with Gasteiger partial charge >= 0.3 is 0 Å². The summed E-state index contributed by atoms with van der Waals surface area (Å²) in [5, 5.41) is 3.89. The van der Waals surface area contributed by atoms with Crippen LogP contribution < -0.4 is 0 Å². The molecular weight excluding hydrogens is 388 g/mol. The molecule has 1 atom stereocenters. The molecule has 8 heteroatoms. The van der Waals surface area contributed by atoms with Crippen LogP contribution in [0.4, 0.5) is 8.78 Å². The van der Waals surface area contributed by atoms with E-state index in [1.165, 1.54) is 30.3 Å². The number of aromatic nitrogens is 2. The third-order valence-electron chi connectivity index (χ3n) is 4.77. The van der Waals surface area contributed by atoms with E-state index in [1.54, 1.807) is 17.0 Å². The molecule has 1 saturated heterocycles. The zero-order valence-corrected chi connectivity index (χ0v) is 15.5. The van der Waals surface area contributed by atoms with Crippen molar-refractivity contribution >= 4 is 17.5 Å². The van der Waals surface area contributed by atoms with Crippen LogP contribution in [0.15, 0.2) is 47.0 Å². The Kier molecular flexibility index (Phi) is 5.09. The van der Waals surface area contributed by atoms with Gasteiger partial charge in [0.25, 0.3) is 5.91 Å². The first-order chi connectivity index (χ1) is 13.5. The lowest BCUT2D eigenvalue weighted by Crippen LogP contribution is -2.39. The number of rotatable bonds is 3. The summed E-state index contributed by atoms with van der Waals surface area (Å²) in [4.78, 5) is 18.8. The summed E-state index contributed by atoms with van der Waals surface area (Å²) in [5.41, 5.74) is 0.991. The average molecular weight is 404 g/mol. The van der Waals surface area contributed by atoms with Gasteiger partial charge in [0, 0.05) is 24.2 Å². The fraction of sp³-hybridized carbons (Fsp3) is 0.250. The summed E-state index contributed by atoms with van der Waals surface area (Å²) in [6.07, 6.45) is 1.58. The Morgan fingerprint density at radius 3 is 2.71 bits per heavy atom. The molecule has 2 heterocycles. The van der Waals surface area contributed by atoms with Crippen molar-refractivity contribution in [1.29, 1.82) is 0 Å². The van der Waals surface area contributed by atoms with Crippen molar-refractivity contribution in [3.05, 3.63) is 70.6 Å². The molecule has 1 unspecified atom stereocenters. The van der Waals surface area contributed by atoms with Crippen molar-refractivity contribution < 1.29 is 18.1 Å². The smallest absolute Gasteiger partial charge is 0.253 e. The Balaban J connectivity index is 1.50. The third-order valence-corrected chi connectivity index (χ3v) is 5.06. The van der Waals surface area contributed by atoms with Gasteiger partial charge in [0.15, 0.2) is 0 Å². The Hall–Kier alpha value is -2.80. The number of piperidine rings is 1. The van der Waals surface area contributed by atoms with E-state index in [0.717, 1.165) is 12.8 Å². The number of nitrogens with zero attached hydrogens (tertiary/aromatic N) is 3. The van der Waals surface area contributed by atoms with Gasteiger partial charge in [-0.2, -0.15) is 4.98 Å². The zero-order chi connectivity index (χ0) is 19.7. The fourth-order valence-electron chi connectivity index (χ4n) is 3.29. The number of hydrogen-bond donors (Lipinski definition) is 0. The molecule has 0 N–H and O–H groups in total. The van der Waals surface area contributed by atoms with Crippen LogP contribution in [0.2, 0.25) is 5.02 Å². The zero-order valence-electron chi connectivity index (χ0n) is 14.7. The molecule has 28 heavy (non-hydrogen) atoms. The summed E-state index contributed by atoms with van der Waals surface area (Å²) in [6.45, 7) is 1.00. The molecule has 1 amide bonds. The Morgan fingerprint density at radius 2 is 1.96 bits per heavy atom. The second kappa shape index (κ2) is 7.67. The molecule has 1 aliphatic heterocycles. The van der Waals surface area contributed by atoms with E-state index in [-0.39, 0.29) is 22.7 Å². The second-order valence-electron chi connectivity index (χ2n) is 6.68. The van der Waals surface area contributed by atoms with Gasteiger partial charge in [-0.25, -0.2) is 8.78 Å². The standard InChI is InChI=1S/C20H16ClF2N3O2/c21-16-10-13(5-8-17(16)23)20(27)26-9-1-2-14(11-26)19-24-18(25-28-19)12-3-6-15(22)7-4-12/h3-8,10,14H,1-2,9,11H2. The number of hydrogen-bond acceptors (Lipinski definition) is 4. The van der Waals surface area contributed by atoms with Crippen LogP contribution in [0.5, 0.6) is 0 Å². The Labute approximate surface area is 164 Å². The molecule has 0 bridgehead atoms. The molecule has 4 rings (SSSR count). The van der Waals surface area contributed by atoms with Gasteiger partial charge in [-0.1, -0.05) is 16.8 Å². The monoisotopic (exact) mass is 403 g/mol. The molecular formula is C20H16ClF2N3O2. The predicted octanol–water partition coefficient (Wildman–Crippen LogP) is 4.69. The number of carbonyl (C=O) groups excluding carboxylic acids is 1. The van der Waals surface area contributed by atoms with Gasteiger partial charge in [-0.3, -0.25) is 4.79 Å². The van der Waals surface area contributed by atoms with Gasteiger partial charge in [0.2, 0.25) is 11.7 Å². The van der Waals surface area contributed by atoms with Crippen molar-refractivity contribution in [2.24, 2.45) is 0 Å². The minimum absolute atomic E-state index is 0.0831. The van der Waals surface area contributed by atoms with Crippen LogP contribution in [0, 0.1) is 11.6 Å². The molecule has 0 saturated carbocycles. The number of benzene rings is 2. The SMILES string of the molecule is O=C(c1ccc(F)c(Cl)c1)N1CCCC(c2nc(-c3ccc(F)cc3)no2)C1. The topological polar surface area (TPSA) is 59.2 Å². The number of amides is 1. The number of halogens is 3. The number of likely N-dealkylation sites (tertiary alicyclic amines) is 1. The minimum atomic E-state index is -0.561.